The molecule has 1 aromatic carbocycles. The molecule has 0 radical (unpaired) electrons. The van der Waals surface area contributed by atoms with E-state index in [1.807, 2.05) is 6.20 Å². The van der Waals surface area contributed by atoms with Gasteiger partial charge in [-0.2, -0.15) is 0 Å². The number of nitrogens with zero attached hydrogens (tertiary/aromatic N) is 4. The maximum Gasteiger partial charge on any atom is 0.225 e. The van der Waals surface area contributed by atoms with E-state index in [2.05, 4.69) is 57.4 Å². The molecule has 0 saturated carbocycles. The first kappa shape index (κ1) is 18.6. The molecular weight excluding hydrogens is 380 g/mol. The molecule has 2 fully saturated rings. The van der Waals surface area contributed by atoms with E-state index in [0.29, 0.717) is 12.3 Å². The smallest absolute Gasteiger partial charge is 0.225 e. The summed E-state index contributed by atoms with van der Waals surface area (Å²) in [6.45, 7) is 4.66. The molecular formula is C23H26N4OS. The summed E-state index contributed by atoms with van der Waals surface area (Å²) in [7, 11) is 0. The van der Waals surface area contributed by atoms with Crippen molar-refractivity contribution >= 4 is 33.4 Å². The summed E-state index contributed by atoms with van der Waals surface area (Å²) in [5.41, 5.74) is 3.47. The molecule has 6 heteroatoms. The number of hydrogen-bond donors (Lipinski definition) is 0. The van der Waals surface area contributed by atoms with E-state index < -0.39 is 0 Å². The first-order valence-electron chi connectivity index (χ1n) is 10.4. The van der Waals surface area contributed by atoms with Crippen LogP contribution < -0.4 is 4.90 Å². The number of carbonyl (C=O) groups is 1. The van der Waals surface area contributed by atoms with Crippen molar-refractivity contribution in [3.05, 3.63) is 53.0 Å². The Morgan fingerprint density at radius 1 is 1.10 bits per heavy atom. The van der Waals surface area contributed by atoms with Gasteiger partial charge in [0.25, 0.3) is 0 Å². The average molecular weight is 407 g/mol. The third-order valence-electron chi connectivity index (χ3n) is 6.53. The Bertz CT molecular complexity index is 1030. The van der Waals surface area contributed by atoms with Crippen molar-refractivity contribution in [2.24, 2.45) is 0 Å². The predicted octanol–water partition coefficient (Wildman–Crippen LogP) is 4.55. The predicted molar refractivity (Wildman–Crippen MR) is 117 cm³/mol. The van der Waals surface area contributed by atoms with Crippen LogP contribution in [-0.4, -0.2) is 39.4 Å². The zero-order valence-corrected chi connectivity index (χ0v) is 17.6. The highest BCUT2D eigenvalue weighted by molar-refractivity contribution is 7.17. The number of rotatable bonds is 3. The van der Waals surface area contributed by atoms with Gasteiger partial charge in [-0.25, -0.2) is 9.97 Å². The fraction of sp³-hybridized carbons (Fsp3) is 0.435. The number of fused-ring (bicyclic) bond motifs is 1. The highest BCUT2D eigenvalue weighted by atomic mass is 32.1. The van der Waals surface area contributed by atoms with Gasteiger partial charge in [0, 0.05) is 31.6 Å². The summed E-state index contributed by atoms with van der Waals surface area (Å²) in [6.07, 6.45) is 6.67. The van der Waals surface area contributed by atoms with Gasteiger partial charge in [-0.1, -0.05) is 29.8 Å². The van der Waals surface area contributed by atoms with E-state index in [1.54, 1.807) is 11.3 Å². The maximum atomic E-state index is 12.8. The van der Waals surface area contributed by atoms with Gasteiger partial charge in [0.15, 0.2) is 0 Å². The van der Waals surface area contributed by atoms with E-state index in [1.165, 1.54) is 11.1 Å². The number of benzene rings is 1. The summed E-state index contributed by atoms with van der Waals surface area (Å²) in [6, 6.07) is 10.6. The normalized spacial score (nSPS) is 22.6. The van der Waals surface area contributed by atoms with Crippen molar-refractivity contribution in [1.29, 1.82) is 0 Å². The van der Waals surface area contributed by atoms with Crippen molar-refractivity contribution in [3.63, 3.8) is 0 Å². The van der Waals surface area contributed by atoms with E-state index in [0.717, 1.165) is 61.5 Å². The summed E-state index contributed by atoms with van der Waals surface area (Å²) in [4.78, 5) is 26.6. The molecule has 0 aliphatic carbocycles. The van der Waals surface area contributed by atoms with Crippen LogP contribution in [0.1, 0.15) is 43.2 Å². The molecule has 0 bridgehead atoms. The minimum absolute atomic E-state index is 0.0246. The molecule has 1 atom stereocenters. The fourth-order valence-electron chi connectivity index (χ4n) is 4.81. The van der Waals surface area contributed by atoms with Crippen LogP contribution in [0, 0.1) is 6.92 Å². The van der Waals surface area contributed by atoms with Crippen molar-refractivity contribution < 1.29 is 4.79 Å². The molecule has 29 heavy (non-hydrogen) atoms. The molecule has 1 amide bonds. The SMILES string of the molecule is Cc1ccc(CN2C(=O)CCC23CCCN(c2ncc4sccc4n2)CC3)cc1. The molecule has 4 heterocycles. The highest BCUT2D eigenvalue weighted by Crippen LogP contribution is 2.40. The molecule has 5 rings (SSSR count). The van der Waals surface area contributed by atoms with Crippen LogP contribution in [0.5, 0.6) is 0 Å². The van der Waals surface area contributed by atoms with Gasteiger partial charge in [-0.3, -0.25) is 4.79 Å². The molecule has 1 spiro atoms. The van der Waals surface area contributed by atoms with Gasteiger partial charge in [0.1, 0.15) is 0 Å². The molecule has 0 N–H and O–H groups in total. The number of hydrogen-bond acceptors (Lipinski definition) is 5. The van der Waals surface area contributed by atoms with Gasteiger partial charge in [-0.05, 0) is 49.6 Å². The average Bonchev–Trinajstić information content (AvgIpc) is 3.24. The molecule has 3 aromatic rings. The minimum Gasteiger partial charge on any atom is -0.341 e. The van der Waals surface area contributed by atoms with Gasteiger partial charge in [0.05, 0.1) is 16.4 Å². The topological polar surface area (TPSA) is 49.3 Å². The van der Waals surface area contributed by atoms with Gasteiger partial charge < -0.3 is 9.80 Å². The van der Waals surface area contributed by atoms with Crippen molar-refractivity contribution in [2.45, 2.75) is 51.1 Å². The highest BCUT2D eigenvalue weighted by Gasteiger charge is 2.45. The van der Waals surface area contributed by atoms with Crippen LogP contribution in [-0.2, 0) is 11.3 Å². The van der Waals surface area contributed by atoms with E-state index in [4.69, 9.17) is 4.98 Å². The largest absolute Gasteiger partial charge is 0.341 e. The number of aromatic nitrogens is 2. The summed E-state index contributed by atoms with van der Waals surface area (Å²) in [5.74, 6) is 1.12. The van der Waals surface area contributed by atoms with Crippen molar-refractivity contribution in [3.8, 4) is 0 Å². The van der Waals surface area contributed by atoms with Crippen LogP contribution in [0.25, 0.3) is 10.2 Å². The molecule has 2 aromatic heterocycles. The second kappa shape index (κ2) is 7.41. The number of carbonyl (C=O) groups excluding carboxylic acids is 1. The Morgan fingerprint density at radius 3 is 2.83 bits per heavy atom. The van der Waals surface area contributed by atoms with Gasteiger partial charge in [0.2, 0.25) is 11.9 Å². The van der Waals surface area contributed by atoms with Crippen molar-refractivity contribution in [2.75, 3.05) is 18.0 Å². The number of amides is 1. The maximum absolute atomic E-state index is 12.8. The molecule has 1 unspecified atom stereocenters. The zero-order chi connectivity index (χ0) is 19.8. The monoisotopic (exact) mass is 406 g/mol. The Hall–Kier alpha value is -2.47. The molecule has 2 aliphatic heterocycles. The van der Waals surface area contributed by atoms with Gasteiger partial charge in [-0.15, -0.1) is 11.3 Å². The third kappa shape index (κ3) is 3.50. The fourth-order valence-corrected chi connectivity index (χ4v) is 5.50. The lowest BCUT2D eigenvalue weighted by Crippen LogP contribution is -2.46. The van der Waals surface area contributed by atoms with E-state index in [9.17, 15) is 4.79 Å². The van der Waals surface area contributed by atoms with E-state index in [-0.39, 0.29) is 5.54 Å². The van der Waals surface area contributed by atoms with Crippen LogP contribution in [0.3, 0.4) is 0 Å². The second-order valence-corrected chi connectivity index (χ2v) is 9.32. The van der Waals surface area contributed by atoms with Crippen LogP contribution in [0.2, 0.25) is 0 Å². The Kier molecular flexibility index (Phi) is 4.74. The third-order valence-corrected chi connectivity index (χ3v) is 7.37. The van der Waals surface area contributed by atoms with E-state index >= 15 is 0 Å². The second-order valence-electron chi connectivity index (χ2n) is 8.37. The minimum atomic E-state index is -0.0246. The number of likely N-dealkylation sites (tertiary alicyclic amines) is 1. The molecule has 150 valence electrons. The first-order valence-corrected chi connectivity index (χ1v) is 11.3. The van der Waals surface area contributed by atoms with Crippen LogP contribution in [0.4, 0.5) is 5.95 Å². The quantitative estimate of drug-likeness (QED) is 0.640. The molecule has 2 saturated heterocycles. The Morgan fingerprint density at radius 2 is 1.97 bits per heavy atom. The van der Waals surface area contributed by atoms with Crippen molar-refractivity contribution in [1.82, 2.24) is 14.9 Å². The molecule has 2 aliphatic rings. The van der Waals surface area contributed by atoms with Crippen LogP contribution in [0.15, 0.2) is 41.9 Å². The standard InChI is InChI=1S/C23H26N4OS/c1-17-3-5-18(6-4-17)16-27-21(28)7-10-23(27)9-2-12-26(13-11-23)22-24-15-20-19(25-22)8-14-29-20/h3-6,8,14-15H,2,7,9-13,16H2,1H3. The number of aryl methyl sites for hydroxylation is 1. The lowest BCUT2D eigenvalue weighted by Gasteiger charge is -2.38. The zero-order valence-electron chi connectivity index (χ0n) is 16.8. The lowest BCUT2D eigenvalue weighted by atomic mass is 9.87. The lowest BCUT2D eigenvalue weighted by molar-refractivity contribution is -0.132. The summed E-state index contributed by atoms with van der Waals surface area (Å²) in [5, 5.41) is 2.06. The Labute approximate surface area is 175 Å². The summed E-state index contributed by atoms with van der Waals surface area (Å²) >= 11 is 1.68. The van der Waals surface area contributed by atoms with Gasteiger partial charge >= 0.3 is 0 Å². The molecule has 5 nitrogen and oxygen atoms in total. The Balaban J connectivity index is 1.36. The first-order chi connectivity index (χ1) is 14.1. The number of thiophene rings is 1. The number of anilines is 1. The van der Waals surface area contributed by atoms with Crippen LogP contribution >= 0.6 is 11.3 Å². The summed E-state index contributed by atoms with van der Waals surface area (Å²) < 4.78 is 1.13.